The number of benzene rings is 4. The molecular formula is C31H22O12. The monoisotopic (exact) mass is 586 g/mol. The van der Waals surface area contributed by atoms with Crippen LogP contribution in [0.2, 0.25) is 0 Å². The van der Waals surface area contributed by atoms with Crippen molar-refractivity contribution in [2.24, 2.45) is 0 Å². The Labute approximate surface area is 240 Å². The van der Waals surface area contributed by atoms with Gasteiger partial charge in [-0.1, -0.05) is 0 Å². The highest BCUT2D eigenvalue weighted by molar-refractivity contribution is 6.17. The van der Waals surface area contributed by atoms with Crippen LogP contribution in [-0.2, 0) is 0 Å². The third kappa shape index (κ3) is 4.70. The lowest BCUT2D eigenvalue weighted by atomic mass is 9.87. The largest absolute Gasteiger partial charge is 0.504 e. The Kier molecular flexibility index (Phi) is 6.69. The molecule has 218 valence electrons. The summed E-state index contributed by atoms with van der Waals surface area (Å²) in [6.45, 7) is 3.47. The summed E-state index contributed by atoms with van der Waals surface area (Å²) < 4.78 is 11.5. The van der Waals surface area contributed by atoms with E-state index in [2.05, 4.69) is 0 Å². The summed E-state index contributed by atoms with van der Waals surface area (Å²) in [4.78, 5) is 52.1. The van der Waals surface area contributed by atoms with Crippen molar-refractivity contribution in [2.75, 3.05) is 0 Å². The summed E-state index contributed by atoms with van der Waals surface area (Å²) in [5.41, 5.74) is -1.90. The first kappa shape index (κ1) is 28.5. The molecule has 0 aliphatic rings. The highest BCUT2D eigenvalue weighted by Crippen LogP contribution is 2.45. The van der Waals surface area contributed by atoms with Crippen LogP contribution in [0.4, 0.5) is 0 Å². The number of carbonyl (C=O) groups excluding carboxylic acids is 3. The first-order chi connectivity index (χ1) is 20.2. The molecule has 0 radical (unpaired) electrons. The average molecular weight is 587 g/mol. The van der Waals surface area contributed by atoms with E-state index in [0.717, 1.165) is 44.2 Å². The first-order valence-corrected chi connectivity index (χ1v) is 12.5. The molecule has 1 aromatic heterocycles. The van der Waals surface area contributed by atoms with Crippen molar-refractivity contribution in [1.29, 1.82) is 0 Å². The molecule has 0 atom stereocenters. The lowest BCUT2D eigenvalue weighted by Crippen LogP contribution is -2.11. The summed E-state index contributed by atoms with van der Waals surface area (Å²) in [7, 11) is 0. The zero-order chi connectivity index (χ0) is 31.5. The van der Waals surface area contributed by atoms with Crippen LogP contribution in [-0.4, -0.2) is 48.0 Å². The van der Waals surface area contributed by atoms with Crippen molar-refractivity contribution in [1.82, 2.24) is 0 Å². The molecule has 6 N–H and O–H groups in total. The fourth-order valence-electron chi connectivity index (χ4n) is 4.77. The van der Waals surface area contributed by atoms with Crippen LogP contribution in [0, 0.1) is 0 Å². The molecule has 0 spiro atoms. The third-order valence-electron chi connectivity index (χ3n) is 6.81. The molecule has 1 heterocycles. The number of hydrogen-bond acceptors (Lipinski definition) is 12. The molecule has 0 amide bonds. The maximum atomic E-state index is 13.4. The SMILES string of the molecule is CC(=O)c1cc(-c2c(C(C)=O)cc3c(=O)c4cc(O)c(O)cc4oc3c2C(C)=O)cc(Oc2cc(O)c(O)cc2O)c1O. The molecule has 0 aliphatic heterocycles. The van der Waals surface area contributed by atoms with Crippen molar-refractivity contribution in [3.05, 3.63) is 69.4 Å². The minimum Gasteiger partial charge on any atom is -0.504 e. The Morgan fingerprint density at radius 3 is 1.86 bits per heavy atom. The number of ketones is 3. The van der Waals surface area contributed by atoms with Crippen LogP contribution < -0.4 is 10.2 Å². The van der Waals surface area contributed by atoms with Crippen molar-refractivity contribution in [2.45, 2.75) is 20.8 Å². The number of rotatable bonds is 6. The maximum absolute atomic E-state index is 13.4. The van der Waals surface area contributed by atoms with Gasteiger partial charge in [0.25, 0.3) is 0 Å². The van der Waals surface area contributed by atoms with Crippen molar-refractivity contribution >= 4 is 39.3 Å². The number of phenolic OH excluding ortho intramolecular Hbond substituents is 6. The number of fused-ring (bicyclic) bond motifs is 2. The summed E-state index contributed by atoms with van der Waals surface area (Å²) in [5, 5.41) is 60.2. The quantitative estimate of drug-likeness (QED) is 0.0652. The minimum absolute atomic E-state index is 0.00547. The van der Waals surface area contributed by atoms with Gasteiger partial charge in [-0.2, -0.15) is 0 Å². The van der Waals surface area contributed by atoms with Crippen LogP contribution in [0.5, 0.6) is 46.0 Å². The van der Waals surface area contributed by atoms with Gasteiger partial charge in [0.2, 0.25) is 5.43 Å². The maximum Gasteiger partial charge on any atom is 0.200 e. The Morgan fingerprint density at radius 2 is 1.23 bits per heavy atom. The summed E-state index contributed by atoms with van der Waals surface area (Å²) in [6, 6.07) is 7.18. The first-order valence-electron chi connectivity index (χ1n) is 12.5. The predicted molar refractivity (Wildman–Crippen MR) is 152 cm³/mol. The van der Waals surface area contributed by atoms with Gasteiger partial charge in [-0.3, -0.25) is 19.2 Å². The summed E-state index contributed by atoms with van der Waals surface area (Å²) >= 11 is 0. The molecule has 0 fully saturated rings. The molecule has 4 aromatic carbocycles. The van der Waals surface area contributed by atoms with E-state index >= 15 is 0 Å². The molecule has 0 aliphatic carbocycles. The average Bonchev–Trinajstić information content (AvgIpc) is 2.92. The van der Waals surface area contributed by atoms with E-state index in [0.29, 0.717) is 0 Å². The van der Waals surface area contributed by atoms with Gasteiger partial charge in [-0.05, 0) is 50.6 Å². The van der Waals surface area contributed by atoms with Crippen molar-refractivity contribution in [3.63, 3.8) is 0 Å². The second-order valence-electron chi connectivity index (χ2n) is 9.77. The number of phenols is 6. The highest BCUT2D eigenvalue weighted by Gasteiger charge is 2.27. The van der Waals surface area contributed by atoms with Gasteiger partial charge in [0.1, 0.15) is 11.2 Å². The normalized spacial score (nSPS) is 11.1. The second kappa shape index (κ2) is 10.1. The Bertz CT molecular complexity index is 2120. The van der Waals surface area contributed by atoms with Crippen LogP contribution in [0.15, 0.2) is 51.7 Å². The zero-order valence-electron chi connectivity index (χ0n) is 22.7. The van der Waals surface area contributed by atoms with Gasteiger partial charge in [0.05, 0.1) is 21.9 Å². The van der Waals surface area contributed by atoms with Crippen LogP contribution in [0.25, 0.3) is 33.1 Å². The lowest BCUT2D eigenvalue weighted by molar-refractivity contribution is 0.100. The lowest BCUT2D eigenvalue weighted by Gasteiger charge is -2.18. The highest BCUT2D eigenvalue weighted by atomic mass is 16.5. The van der Waals surface area contributed by atoms with E-state index in [4.69, 9.17) is 9.15 Å². The van der Waals surface area contributed by atoms with E-state index in [1.54, 1.807) is 0 Å². The zero-order valence-corrected chi connectivity index (χ0v) is 22.7. The molecule has 5 rings (SSSR count). The molecule has 0 saturated carbocycles. The van der Waals surface area contributed by atoms with Crippen LogP contribution >= 0.6 is 0 Å². The molecule has 43 heavy (non-hydrogen) atoms. The molecule has 0 unspecified atom stereocenters. The fraction of sp³-hybridized carbons (Fsp3) is 0.0968. The van der Waals surface area contributed by atoms with Gasteiger partial charge in [-0.15, -0.1) is 0 Å². The molecule has 0 bridgehead atoms. The molecule has 12 nitrogen and oxygen atoms in total. The number of Topliss-reactive ketones (excluding diaryl/α,β-unsaturated/α-hetero) is 3. The number of carbonyl (C=O) groups is 3. The molecule has 5 aromatic rings. The third-order valence-corrected chi connectivity index (χ3v) is 6.81. The van der Waals surface area contributed by atoms with E-state index < -0.39 is 68.8 Å². The second-order valence-corrected chi connectivity index (χ2v) is 9.77. The Balaban J connectivity index is 1.90. The number of ether oxygens (including phenoxy) is 1. The number of aromatic hydroxyl groups is 6. The Hall–Kier alpha value is -6.04. The number of hydrogen-bond donors (Lipinski definition) is 6. The topological polar surface area (TPSA) is 212 Å². The fourth-order valence-corrected chi connectivity index (χ4v) is 4.77. The Morgan fingerprint density at radius 1 is 0.628 bits per heavy atom. The van der Waals surface area contributed by atoms with E-state index in [1.165, 1.54) is 19.1 Å². The van der Waals surface area contributed by atoms with Crippen LogP contribution in [0.3, 0.4) is 0 Å². The van der Waals surface area contributed by atoms with Crippen molar-refractivity contribution < 1.29 is 54.2 Å². The molecule has 12 heteroatoms. The standard InChI is InChI=1S/C31H22O12/c1-11(32)15-6-18-29(40)17-7-19(35)21(37)9-24(17)43-31(18)27(13(3)34)28(15)14-4-16(12(2)33)30(41)26(5-14)42-25-10-22(38)20(36)8-23(25)39/h4-10,35-39,41H,1-3H3. The van der Waals surface area contributed by atoms with E-state index in [9.17, 15) is 49.8 Å². The van der Waals surface area contributed by atoms with Gasteiger partial charge in [0.15, 0.2) is 63.3 Å². The van der Waals surface area contributed by atoms with E-state index in [-0.39, 0.29) is 49.8 Å². The van der Waals surface area contributed by atoms with Gasteiger partial charge in [-0.25, -0.2) is 0 Å². The van der Waals surface area contributed by atoms with Gasteiger partial charge >= 0.3 is 0 Å². The van der Waals surface area contributed by atoms with Crippen molar-refractivity contribution in [3.8, 4) is 57.1 Å². The van der Waals surface area contributed by atoms with Gasteiger partial charge in [0, 0.05) is 29.3 Å². The summed E-state index contributed by atoms with van der Waals surface area (Å²) in [6.07, 6.45) is 0. The predicted octanol–water partition coefficient (Wildman–Crippen LogP) is 5.25. The van der Waals surface area contributed by atoms with Crippen LogP contribution in [0.1, 0.15) is 51.8 Å². The minimum atomic E-state index is -0.704. The molecular weight excluding hydrogens is 564 g/mol. The van der Waals surface area contributed by atoms with E-state index in [1.807, 2.05) is 0 Å². The molecule has 0 saturated heterocycles. The summed E-state index contributed by atoms with van der Waals surface area (Å²) in [5.74, 6) is -6.56. The smallest absolute Gasteiger partial charge is 0.200 e. The van der Waals surface area contributed by atoms with Gasteiger partial charge < -0.3 is 39.8 Å².